The number of aryl methyl sites for hydroxylation is 2. The molecule has 0 saturated carbocycles. The van der Waals surface area contributed by atoms with Gasteiger partial charge < -0.3 is 10.5 Å². The molecule has 108 valence electrons. The first-order valence-electron chi connectivity index (χ1n) is 7.55. The standard InChI is InChI=1S/C17H24N2O/c1-17(19,13-18)10-4-5-11-20-16-9-8-14-6-2-3-7-15(14)12-16/h8-9,12H,2-7,10-11,19H2,1H3. The monoisotopic (exact) mass is 272 g/mol. The van der Waals surface area contributed by atoms with Crippen LogP contribution in [0.3, 0.4) is 0 Å². The lowest BCUT2D eigenvalue weighted by Gasteiger charge is -2.17. The van der Waals surface area contributed by atoms with Gasteiger partial charge in [0.2, 0.25) is 0 Å². The Morgan fingerprint density at radius 2 is 2.00 bits per heavy atom. The topological polar surface area (TPSA) is 59.0 Å². The van der Waals surface area contributed by atoms with E-state index in [-0.39, 0.29) is 0 Å². The minimum absolute atomic E-state index is 0.695. The van der Waals surface area contributed by atoms with Crippen molar-refractivity contribution < 1.29 is 4.74 Å². The van der Waals surface area contributed by atoms with E-state index in [2.05, 4.69) is 24.3 Å². The first-order valence-corrected chi connectivity index (χ1v) is 7.55. The SMILES string of the molecule is CC(N)(C#N)CCCCOc1ccc2c(c1)CCCC2. The summed E-state index contributed by atoms with van der Waals surface area (Å²) < 4.78 is 5.80. The third kappa shape index (κ3) is 4.25. The van der Waals surface area contributed by atoms with E-state index in [9.17, 15) is 0 Å². The summed E-state index contributed by atoms with van der Waals surface area (Å²) in [5.74, 6) is 0.974. The molecule has 0 bridgehead atoms. The molecule has 1 aromatic rings. The molecule has 0 aromatic heterocycles. The van der Waals surface area contributed by atoms with Crippen molar-refractivity contribution in [2.75, 3.05) is 6.61 Å². The van der Waals surface area contributed by atoms with Crippen molar-refractivity contribution >= 4 is 0 Å². The van der Waals surface area contributed by atoms with Gasteiger partial charge in [0.25, 0.3) is 0 Å². The van der Waals surface area contributed by atoms with E-state index in [0.717, 1.165) is 25.0 Å². The third-order valence-electron chi connectivity index (χ3n) is 3.93. The Balaban J connectivity index is 1.74. The Morgan fingerprint density at radius 3 is 2.75 bits per heavy atom. The summed E-state index contributed by atoms with van der Waals surface area (Å²) in [4.78, 5) is 0. The zero-order chi connectivity index (χ0) is 14.4. The van der Waals surface area contributed by atoms with Gasteiger partial charge in [0.15, 0.2) is 0 Å². The summed E-state index contributed by atoms with van der Waals surface area (Å²) in [6.45, 7) is 2.47. The lowest BCUT2D eigenvalue weighted by molar-refractivity contribution is 0.300. The van der Waals surface area contributed by atoms with Crippen LogP contribution in [-0.2, 0) is 12.8 Å². The smallest absolute Gasteiger partial charge is 0.119 e. The van der Waals surface area contributed by atoms with Crippen LogP contribution < -0.4 is 10.5 Å². The van der Waals surface area contributed by atoms with Crippen LogP contribution in [-0.4, -0.2) is 12.1 Å². The number of nitrogens with zero attached hydrogens (tertiary/aromatic N) is 1. The van der Waals surface area contributed by atoms with Crippen LogP contribution in [0.2, 0.25) is 0 Å². The zero-order valence-corrected chi connectivity index (χ0v) is 12.3. The van der Waals surface area contributed by atoms with Crippen molar-refractivity contribution in [1.29, 1.82) is 5.26 Å². The highest BCUT2D eigenvalue weighted by Gasteiger charge is 2.16. The number of rotatable bonds is 6. The summed E-state index contributed by atoms with van der Waals surface area (Å²) in [5, 5.41) is 8.83. The number of nitrogens with two attached hydrogens (primary N) is 1. The van der Waals surface area contributed by atoms with Crippen LogP contribution in [0.25, 0.3) is 0 Å². The van der Waals surface area contributed by atoms with Crippen molar-refractivity contribution in [2.24, 2.45) is 5.73 Å². The molecule has 0 radical (unpaired) electrons. The van der Waals surface area contributed by atoms with Gasteiger partial charge >= 0.3 is 0 Å². The van der Waals surface area contributed by atoms with Gasteiger partial charge in [-0.2, -0.15) is 5.26 Å². The maximum atomic E-state index is 8.83. The molecule has 0 heterocycles. The molecule has 1 aromatic carbocycles. The zero-order valence-electron chi connectivity index (χ0n) is 12.3. The summed E-state index contributed by atoms with van der Waals surface area (Å²) in [6.07, 6.45) is 7.57. The molecular weight excluding hydrogens is 248 g/mol. The Kier molecular flexibility index (Phi) is 5.03. The van der Waals surface area contributed by atoms with Gasteiger partial charge in [-0.25, -0.2) is 0 Å². The van der Waals surface area contributed by atoms with E-state index in [1.54, 1.807) is 6.92 Å². The van der Waals surface area contributed by atoms with E-state index < -0.39 is 5.54 Å². The van der Waals surface area contributed by atoms with Crippen molar-refractivity contribution in [2.45, 2.75) is 57.4 Å². The molecule has 3 heteroatoms. The minimum atomic E-state index is -0.703. The Bertz CT molecular complexity index is 488. The van der Waals surface area contributed by atoms with Gasteiger partial charge in [0.05, 0.1) is 12.7 Å². The van der Waals surface area contributed by atoms with Gasteiger partial charge in [0, 0.05) is 0 Å². The largest absolute Gasteiger partial charge is 0.494 e. The second-order valence-electron chi connectivity index (χ2n) is 5.97. The van der Waals surface area contributed by atoms with Crippen molar-refractivity contribution in [1.82, 2.24) is 0 Å². The number of ether oxygens (including phenoxy) is 1. The Labute approximate surface area is 121 Å². The second kappa shape index (κ2) is 6.76. The summed E-state index contributed by atoms with van der Waals surface area (Å²) >= 11 is 0. The molecule has 2 rings (SSSR count). The summed E-state index contributed by atoms with van der Waals surface area (Å²) in [7, 11) is 0. The van der Waals surface area contributed by atoms with Crippen molar-refractivity contribution in [3.8, 4) is 11.8 Å². The summed E-state index contributed by atoms with van der Waals surface area (Å²) in [5.41, 5.74) is 8.02. The van der Waals surface area contributed by atoms with Crippen molar-refractivity contribution in [3.63, 3.8) is 0 Å². The minimum Gasteiger partial charge on any atom is -0.494 e. The number of fused-ring (bicyclic) bond motifs is 1. The fourth-order valence-electron chi connectivity index (χ4n) is 2.64. The van der Waals surface area contributed by atoms with Crippen LogP contribution in [0.15, 0.2) is 18.2 Å². The maximum Gasteiger partial charge on any atom is 0.119 e. The van der Waals surface area contributed by atoms with Crippen LogP contribution in [0.4, 0.5) is 0 Å². The molecule has 3 nitrogen and oxygen atoms in total. The maximum absolute atomic E-state index is 8.83. The highest BCUT2D eigenvalue weighted by Crippen LogP contribution is 2.25. The molecule has 1 atom stereocenters. The fourth-order valence-corrected chi connectivity index (χ4v) is 2.64. The van der Waals surface area contributed by atoms with Gasteiger partial charge in [-0.1, -0.05) is 6.07 Å². The number of benzene rings is 1. The number of unbranched alkanes of at least 4 members (excludes halogenated alkanes) is 1. The first kappa shape index (κ1) is 14.9. The second-order valence-corrected chi connectivity index (χ2v) is 5.97. The molecule has 1 unspecified atom stereocenters. The van der Waals surface area contributed by atoms with Gasteiger partial charge in [0.1, 0.15) is 11.3 Å². The number of hydrogen-bond acceptors (Lipinski definition) is 3. The van der Waals surface area contributed by atoms with Crippen LogP contribution >= 0.6 is 0 Å². The van der Waals surface area contributed by atoms with E-state index >= 15 is 0 Å². The normalized spacial score (nSPS) is 16.9. The van der Waals surface area contributed by atoms with E-state index in [0.29, 0.717) is 6.61 Å². The molecule has 1 aliphatic rings. The average molecular weight is 272 g/mol. The number of hydrogen-bond donors (Lipinski definition) is 1. The molecular formula is C17H24N2O. The van der Waals surface area contributed by atoms with E-state index in [1.165, 1.54) is 36.8 Å². The van der Waals surface area contributed by atoms with Crippen LogP contribution in [0.1, 0.15) is 50.2 Å². The molecule has 0 aliphatic heterocycles. The quantitative estimate of drug-likeness (QED) is 0.808. The lowest BCUT2D eigenvalue weighted by Crippen LogP contribution is -2.33. The van der Waals surface area contributed by atoms with Crippen LogP contribution in [0.5, 0.6) is 5.75 Å². The predicted octanol–water partition coefficient (Wildman–Crippen LogP) is 3.36. The first-order chi connectivity index (χ1) is 9.61. The van der Waals surface area contributed by atoms with Crippen molar-refractivity contribution in [3.05, 3.63) is 29.3 Å². The number of nitriles is 1. The third-order valence-corrected chi connectivity index (χ3v) is 3.93. The summed E-state index contributed by atoms with van der Waals surface area (Å²) in [6, 6.07) is 8.59. The molecule has 2 N–H and O–H groups in total. The highest BCUT2D eigenvalue weighted by molar-refractivity contribution is 5.37. The Morgan fingerprint density at radius 1 is 1.25 bits per heavy atom. The molecule has 0 amide bonds. The van der Waals surface area contributed by atoms with E-state index in [1.807, 2.05) is 0 Å². The van der Waals surface area contributed by atoms with Gasteiger partial charge in [-0.05, 0) is 75.1 Å². The average Bonchev–Trinajstić information content (AvgIpc) is 2.46. The predicted molar refractivity (Wildman–Crippen MR) is 80.6 cm³/mol. The molecule has 0 fully saturated rings. The van der Waals surface area contributed by atoms with E-state index in [4.69, 9.17) is 15.7 Å². The van der Waals surface area contributed by atoms with Crippen LogP contribution in [0, 0.1) is 11.3 Å². The molecule has 1 aliphatic carbocycles. The van der Waals surface area contributed by atoms with Gasteiger partial charge in [-0.3, -0.25) is 0 Å². The molecule has 0 spiro atoms. The molecule has 20 heavy (non-hydrogen) atoms. The highest BCUT2D eigenvalue weighted by atomic mass is 16.5. The fraction of sp³-hybridized carbons (Fsp3) is 0.588. The lowest BCUT2D eigenvalue weighted by atomic mass is 9.92. The Hall–Kier alpha value is -1.53. The van der Waals surface area contributed by atoms with Gasteiger partial charge in [-0.15, -0.1) is 0 Å². The molecule has 0 saturated heterocycles.